The number of hydrogen-bond donors (Lipinski definition) is 2. The first kappa shape index (κ1) is 13.8. The van der Waals surface area contributed by atoms with Gasteiger partial charge in [0.2, 0.25) is 5.91 Å². The van der Waals surface area contributed by atoms with Gasteiger partial charge < -0.3 is 16.0 Å². The molecule has 0 bridgehead atoms. The quantitative estimate of drug-likeness (QED) is 0.775. The van der Waals surface area contributed by atoms with Crippen molar-refractivity contribution in [2.75, 3.05) is 13.1 Å². The largest absolute Gasteiger partial charge is 0.352 e. The molecular weight excluding hydrogens is 226 g/mol. The smallest absolute Gasteiger partial charge is 0.237 e. The van der Waals surface area contributed by atoms with Gasteiger partial charge in [-0.15, -0.1) is 0 Å². The van der Waals surface area contributed by atoms with Crippen molar-refractivity contribution < 1.29 is 4.79 Å². The minimum atomic E-state index is -0.417. The predicted octanol–water partition coefficient (Wildman–Crippen LogP) is 1.10. The zero-order valence-corrected chi connectivity index (χ0v) is 11.9. The Morgan fingerprint density at radius 1 is 1.33 bits per heavy atom. The first-order chi connectivity index (χ1) is 8.38. The second-order valence-corrected chi connectivity index (χ2v) is 6.91. The van der Waals surface area contributed by atoms with Crippen molar-refractivity contribution in [1.29, 1.82) is 0 Å². The Labute approximate surface area is 110 Å². The van der Waals surface area contributed by atoms with E-state index < -0.39 is 6.04 Å². The lowest BCUT2D eigenvalue weighted by molar-refractivity contribution is -0.125. The summed E-state index contributed by atoms with van der Waals surface area (Å²) in [5.74, 6) is 0.0129. The van der Waals surface area contributed by atoms with Crippen LogP contribution in [0.1, 0.15) is 46.5 Å². The summed E-state index contributed by atoms with van der Waals surface area (Å²) in [6, 6.07) is 0.597. The van der Waals surface area contributed by atoms with Gasteiger partial charge in [0.25, 0.3) is 0 Å². The molecule has 3 N–H and O–H groups in total. The molecule has 0 aromatic heterocycles. The van der Waals surface area contributed by atoms with Gasteiger partial charge in [-0.2, -0.15) is 0 Å². The Kier molecular flexibility index (Phi) is 3.97. The van der Waals surface area contributed by atoms with E-state index in [1.165, 1.54) is 19.4 Å². The van der Waals surface area contributed by atoms with Gasteiger partial charge in [-0.3, -0.25) is 4.79 Å². The molecule has 0 spiro atoms. The van der Waals surface area contributed by atoms with Gasteiger partial charge in [0.1, 0.15) is 0 Å². The Morgan fingerprint density at radius 2 is 2.06 bits per heavy atom. The van der Waals surface area contributed by atoms with Crippen LogP contribution in [0, 0.1) is 5.41 Å². The van der Waals surface area contributed by atoms with Crippen LogP contribution in [0.15, 0.2) is 0 Å². The number of amides is 1. The predicted molar refractivity (Wildman–Crippen MR) is 73.2 cm³/mol. The molecule has 2 fully saturated rings. The van der Waals surface area contributed by atoms with Crippen LogP contribution < -0.4 is 11.1 Å². The van der Waals surface area contributed by atoms with Gasteiger partial charge in [-0.05, 0) is 37.6 Å². The van der Waals surface area contributed by atoms with Crippen molar-refractivity contribution in [2.24, 2.45) is 11.1 Å². The van der Waals surface area contributed by atoms with E-state index in [9.17, 15) is 4.79 Å². The zero-order chi connectivity index (χ0) is 13.3. The Bertz CT molecular complexity index is 311. The standard InChI is InChI=1S/C14H27N3O/c1-14(2,3)12(15)13(18)16-10-6-8-17-7-4-5-11(17)9-10/h10-12H,4-9,15H2,1-3H3,(H,16,18)/t10?,11?,12-/m0/s1. The number of rotatable bonds is 2. The molecule has 2 aliphatic heterocycles. The van der Waals surface area contributed by atoms with E-state index in [0.717, 1.165) is 19.4 Å². The molecule has 0 aromatic rings. The number of hydrogen-bond acceptors (Lipinski definition) is 3. The van der Waals surface area contributed by atoms with Crippen molar-refractivity contribution in [3.8, 4) is 0 Å². The molecule has 18 heavy (non-hydrogen) atoms. The fourth-order valence-corrected chi connectivity index (χ4v) is 3.04. The van der Waals surface area contributed by atoms with Crippen LogP contribution in [0.4, 0.5) is 0 Å². The summed E-state index contributed by atoms with van der Waals surface area (Å²) in [6.45, 7) is 8.40. The van der Waals surface area contributed by atoms with Crippen molar-refractivity contribution >= 4 is 5.91 Å². The SMILES string of the molecule is CC(C)(C)[C@@H](N)C(=O)NC1CCN2CCCC2C1. The van der Waals surface area contributed by atoms with Gasteiger partial charge in [-0.25, -0.2) is 0 Å². The summed E-state index contributed by atoms with van der Waals surface area (Å²) < 4.78 is 0. The topological polar surface area (TPSA) is 58.4 Å². The van der Waals surface area contributed by atoms with Crippen LogP contribution in [0.25, 0.3) is 0 Å². The Morgan fingerprint density at radius 3 is 2.72 bits per heavy atom. The van der Waals surface area contributed by atoms with Crippen molar-refractivity contribution in [2.45, 2.75) is 64.6 Å². The molecule has 3 atom stereocenters. The molecule has 2 rings (SSSR count). The molecular formula is C14H27N3O. The number of carbonyl (C=O) groups is 1. The highest BCUT2D eigenvalue weighted by Gasteiger charge is 2.34. The first-order valence-electron chi connectivity index (χ1n) is 7.18. The van der Waals surface area contributed by atoms with Crippen molar-refractivity contribution in [1.82, 2.24) is 10.2 Å². The highest BCUT2D eigenvalue weighted by atomic mass is 16.2. The van der Waals surface area contributed by atoms with E-state index in [0.29, 0.717) is 12.1 Å². The zero-order valence-electron chi connectivity index (χ0n) is 11.9. The average Bonchev–Trinajstić information content (AvgIpc) is 2.73. The lowest BCUT2D eigenvalue weighted by atomic mass is 9.86. The summed E-state index contributed by atoms with van der Waals surface area (Å²) in [6.07, 6.45) is 4.77. The lowest BCUT2D eigenvalue weighted by Gasteiger charge is -2.36. The van der Waals surface area contributed by atoms with E-state index >= 15 is 0 Å². The normalized spacial score (nSPS) is 30.9. The summed E-state index contributed by atoms with van der Waals surface area (Å²) >= 11 is 0. The molecule has 4 nitrogen and oxygen atoms in total. The first-order valence-corrected chi connectivity index (χ1v) is 7.18. The number of nitrogens with one attached hydrogen (secondary N) is 1. The van der Waals surface area contributed by atoms with E-state index in [1.807, 2.05) is 20.8 Å². The van der Waals surface area contributed by atoms with Crippen LogP contribution in [0.2, 0.25) is 0 Å². The van der Waals surface area contributed by atoms with Gasteiger partial charge in [0.05, 0.1) is 6.04 Å². The van der Waals surface area contributed by atoms with E-state index in [1.54, 1.807) is 0 Å². The second kappa shape index (κ2) is 5.17. The number of nitrogens with two attached hydrogens (primary N) is 1. The summed E-state index contributed by atoms with van der Waals surface area (Å²) in [5.41, 5.74) is 5.83. The molecule has 1 amide bonds. The highest BCUT2D eigenvalue weighted by molar-refractivity contribution is 5.82. The molecule has 0 saturated carbocycles. The fourth-order valence-electron chi connectivity index (χ4n) is 3.04. The highest BCUT2D eigenvalue weighted by Crippen LogP contribution is 2.27. The molecule has 2 heterocycles. The third-order valence-corrected chi connectivity index (χ3v) is 4.38. The maximum atomic E-state index is 12.1. The molecule has 4 heteroatoms. The monoisotopic (exact) mass is 253 g/mol. The molecule has 0 aliphatic carbocycles. The molecule has 0 radical (unpaired) electrons. The van der Waals surface area contributed by atoms with Crippen molar-refractivity contribution in [3.05, 3.63) is 0 Å². The molecule has 0 aromatic carbocycles. The van der Waals surface area contributed by atoms with Gasteiger partial charge >= 0.3 is 0 Å². The van der Waals surface area contributed by atoms with Gasteiger partial charge in [0.15, 0.2) is 0 Å². The average molecular weight is 253 g/mol. The van der Waals surface area contributed by atoms with Crippen LogP contribution in [-0.4, -0.2) is 42.0 Å². The second-order valence-electron chi connectivity index (χ2n) is 6.91. The maximum Gasteiger partial charge on any atom is 0.237 e. The summed E-state index contributed by atoms with van der Waals surface area (Å²) in [4.78, 5) is 14.7. The molecule has 2 saturated heterocycles. The van der Waals surface area contributed by atoms with E-state index in [2.05, 4.69) is 10.2 Å². The maximum absolute atomic E-state index is 12.1. The van der Waals surface area contributed by atoms with Crippen molar-refractivity contribution in [3.63, 3.8) is 0 Å². The number of carbonyl (C=O) groups excluding carboxylic acids is 1. The number of nitrogens with zero attached hydrogens (tertiary/aromatic N) is 1. The summed E-state index contributed by atoms with van der Waals surface area (Å²) in [5, 5.41) is 3.15. The molecule has 2 unspecified atom stereocenters. The lowest BCUT2D eigenvalue weighted by Crippen LogP contribution is -2.54. The minimum absolute atomic E-state index is 0.0129. The number of fused-ring (bicyclic) bond motifs is 1. The fraction of sp³-hybridized carbons (Fsp3) is 0.929. The number of piperidine rings is 1. The molecule has 104 valence electrons. The Hall–Kier alpha value is -0.610. The van der Waals surface area contributed by atoms with Crippen LogP contribution in [0.3, 0.4) is 0 Å². The molecule has 2 aliphatic rings. The van der Waals surface area contributed by atoms with Crippen LogP contribution >= 0.6 is 0 Å². The van der Waals surface area contributed by atoms with Crippen LogP contribution in [-0.2, 0) is 4.79 Å². The minimum Gasteiger partial charge on any atom is -0.352 e. The summed E-state index contributed by atoms with van der Waals surface area (Å²) in [7, 11) is 0. The van der Waals surface area contributed by atoms with E-state index in [-0.39, 0.29) is 11.3 Å². The third-order valence-electron chi connectivity index (χ3n) is 4.38. The van der Waals surface area contributed by atoms with Crippen LogP contribution in [0.5, 0.6) is 0 Å². The van der Waals surface area contributed by atoms with Gasteiger partial charge in [0, 0.05) is 18.6 Å². The van der Waals surface area contributed by atoms with E-state index in [4.69, 9.17) is 5.73 Å². The van der Waals surface area contributed by atoms with Gasteiger partial charge in [-0.1, -0.05) is 20.8 Å². The third kappa shape index (κ3) is 3.04. The Balaban J connectivity index is 1.85.